The Balaban J connectivity index is 2.77. The third kappa shape index (κ3) is 2.05. The van der Waals surface area contributed by atoms with Crippen LogP contribution in [0.5, 0.6) is 0 Å². The highest BCUT2D eigenvalue weighted by atomic mass is 79.9. The lowest BCUT2D eigenvalue weighted by atomic mass is 10.3. The fourth-order valence-corrected chi connectivity index (χ4v) is 1.43. The Morgan fingerprint density at radius 3 is 2.91 bits per heavy atom. The molecule has 0 fully saturated rings. The van der Waals surface area contributed by atoms with Crippen molar-refractivity contribution in [2.45, 2.75) is 13.2 Å². The molecule has 1 aromatic rings. The molecule has 0 bridgehead atoms. The van der Waals surface area contributed by atoms with Gasteiger partial charge in [0.25, 0.3) is 0 Å². The highest BCUT2D eigenvalue weighted by Gasteiger charge is 2.02. The van der Waals surface area contributed by atoms with Gasteiger partial charge in [0, 0.05) is 17.8 Å². The first-order valence-electron chi connectivity index (χ1n) is 3.39. The molecular weight excluding hydrogens is 208 g/mol. The van der Waals surface area contributed by atoms with Gasteiger partial charge in [-0.05, 0) is 29.0 Å². The van der Waals surface area contributed by atoms with Crippen LogP contribution in [-0.2, 0) is 13.2 Å². The largest absolute Gasteiger partial charge is 0.392 e. The van der Waals surface area contributed by atoms with E-state index in [9.17, 15) is 0 Å². The van der Waals surface area contributed by atoms with Crippen LogP contribution in [0.4, 0.5) is 0 Å². The number of nitrogens with one attached hydrogen (secondary N) is 2. The van der Waals surface area contributed by atoms with Gasteiger partial charge in [-0.2, -0.15) is 0 Å². The zero-order valence-electron chi connectivity index (χ0n) is 6.32. The van der Waals surface area contributed by atoms with E-state index in [4.69, 9.17) is 5.11 Å². The molecule has 0 aliphatic carbocycles. The molecule has 1 rings (SSSR count). The molecule has 4 heteroatoms. The normalized spacial score (nSPS) is 10.5. The van der Waals surface area contributed by atoms with Crippen LogP contribution in [0.25, 0.3) is 0 Å². The second-order valence-electron chi connectivity index (χ2n) is 2.32. The summed E-state index contributed by atoms with van der Waals surface area (Å²) in [5, 5.41) is 11.8. The smallest absolute Gasteiger partial charge is 0.0878 e. The summed E-state index contributed by atoms with van der Waals surface area (Å²) in [7, 11) is 1.88. The predicted octanol–water partition coefficient (Wildman–Crippen LogP) is 0.989. The summed E-state index contributed by atoms with van der Waals surface area (Å²) in [6.07, 6.45) is 0. The molecule has 0 aliphatic rings. The maximum atomic E-state index is 8.83. The number of rotatable bonds is 3. The summed E-state index contributed by atoms with van der Waals surface area (Å²) >= 11 is 3.30. The van der Waals surface area contributed by atoms with E-state index in [-0.39, 0.29) is 6.61 Å². The molecule has 11 heavy (non-hydrogen) atoms. The van der Waals surface area contributed by atoms with E-state index in [1.165, 1.54) is 0 Å². The van der Waals surface area contributed by atoms with Crippen molar-refractivity contribution < 1.29 is 5.11 Å². The van der Waals surface area contributed by atoms with Crippen molar-refractivity contribution in [1.82, 2.24) is 10.3 Å². The summed E-state index contributed by atoms with van der Waals surface area (Å²) in [4.78, 5) is 3.09. The molecule has 3 N–H and O–H groups in total. The van der Waals surface area contributed by atoms with Gasteiger partial charge in [-0.1, -0.05) is 0 Å². The molecule has 0 unspecified atom stereocenters. The van der Waals surface area contributed by atoms with Gasteiger partial charge in [-0.3, -0.25) is 0 Å². The zero-order valence-corrected chi connectivity index (χ0v) is 7.90. The molecule has 0 radical (unpaired) electrons. The lowest BCUT2D eigenvalue weighted by Crippen LogP contribution is -2.04. The first kappa shape index (κ1) is 8.77. The topological polar surface area (TPSA) is 48.0 Å². The fraction of sp³-hybridized carbons (Fsp3) is 0.429. The molecule has 0 aliphatic heterocycles. The van der Waals surface area contributed by atoms with Crippen LogP contribution in [0.3, 0.4) is 0 Å². The van der Waals surface area contributed by atoms with Crippen LogP contribution in [0, 0.1) is 0 Å². The number of aromatic nitrogens is 1. The van der Waals surface area contributed by atoms with E-state index < -0.39 is 0 Å². The van der Waals surface area contributed by atoms with Crippen molar-refractivity contribution in [2.24, 2.45) is 0 Å². The second kappa shape index (κ2) is 3.90. The highest BCUT2D eigenvalue weighted by molar-refractivity contribution is 9.10. The van der Waals surface area contributed by atoms with Crippen LogP contribution in [0.2, 0.25) is 0 Å². The third-order valence-electron chi connectivity index (χ3n) is 1.44. The SMILES string of the molecule is CNCc1cc(CO)c(Br)[nH]1. The van der Waals surface area contributed by atoms with E-state index in [2.05, 4.69) is 26.2 Å². The summed E-state index contributed by atoms with van der Waals surface area (Å²) in [6, 6.07) is 1.93. The average Bonchev–Trinajstić information content (AvgIpc) is 2.32. The maximum absolute atomic E-state index is 8.83. The van der Waals surface area contributed by atoms with Crippen LogP contribution in [0.1, 0.15) is 11.3 Å². The molecule has 0 saturated heterocycles. The zero-order chi connectivity index (χ0) is 8.27. The van der Waals surface area contributed by atoms with Crippen molar-refractivity contribution in [3.63, 3.8) is 0 Å². The summed E-state index contributed by atoms with van der Waals surface area (Å²) in [5.41, 5.74) is 1.97. The lowest BCUT2D eigenvalue weighted by molar-refractivity contribution is 0.281. The Morgan fingerprint density at radius 2 is 2.45 bits per heavy atom. The molecule has 0 atom stereocenters. The first-order chi connectivity index (χ1) is 5.27. The van der Waals surface area contributed by atoms with E-state index in [0.29, 0.717) is 0 Å². The van der Waals surface area contributed by atoms with E-state index in [1.54, 1.807) is 0 Å². The summed E-state index contributed by atoms with van der Waals surface area (Å²) in [5.74, 6) is 0. The Morgan fingerprint density at radius 1 is 1.73 bits per heavy atom. The van der Waals surface area contributed by atoms with Gasteiger partial charge in [0.15, 0.2) is 0 Å². The van der Waals surface area contributed by atoms with Crippen LogP contribution in [-0.4, -0.2) is 17.1 Å². The Bertz CT molecular complexity index is 234. The second-order valence-corrected chi connectivity index (χ2v) is 3.12. The third-order valence-corrected chi connectivity index (χ3v) is 2.15. The molecular formula is C7H11BrN2O. The molecule has 62 valence electrons. The molecule has 3 nitrogen and oxygen atoms in total. The average molecular weight is 219 g/mol. The minimum absolute atomic E-state index is 0.0702. The predicted molar refractivity (Wildman–Crippen MR) is 47.2 cm³/mol. The van der Waals surface area contributed by atoms with Crippen LogP contribution < -0.4 is 5.32 Å². The van der Waals surface area contributed by atoms with Gasteiger partial charge in [-0.15, -0.1) is 0 Å². The van der Waals surface area contributed by atoms with Crippen molar-refractivity contribution in [2.75, 3.05) is 7.05 Å². The van der Waals surface area contributed by atoms with Gasteiger partial charge in [0.05, 0.1) is 11.2 Å². The molecule has 1 heterocycles. The highest BCUT2D eigenvalue weighted by Crippen LogP contribution is 2.16. The van der Waals surface area contributed by atoms with E-state index in [1.807, 2.05) is 13.1 Å². The van der Waals surface area contributed by atoms with Crippen molar-refractivity contribution in [1.29, 1.82) is 0 Å². The van der Waals surface area contributed by atoms with Gasteiger partial charge in [0.2, 0.25) is 0 Å². The Kier molecular flexibility index (Phi) is 3.11. The quantitative estimate of drug-likeness (QED) is 0.709. The van der Waals surface area contributed by atoms with Gasteiger partial charge >= 0.3 is 0 Å². The number of hydrogen-bond acceptors (Lipinski definition) is 2. The van der Waals surface area contributed by atoms with Crippen molar-refractivity contribution in [3.05, 3.63) is 21.9 Å². The monoisotopic (exact) mass is 218 g/mol. The van der Waals surface area contributed by atoms with Crippen LogP contribution >= 0.6 is 15.9 Å². The van der Waals surface area contributed by atoms with Crippen LogP contribution in [0.15, 0.2) is 10.7 Å². The molecule has 0 aromatic carbocycles. The Labute approximate surface area is 73.9 Å². The lowest BCUT2D eigenvalue weighted by Gasteiger charge is -1.91. The molecule has 1 aromatic heterocycles. The van der Waals surface area contributed by atoms with E-state index in [0.717, 1.165) is 22.4 Å². The number of aliphatic hydroxyl groups is 1. The number of aromatic amines is 1. The maximum Gasteiger partial charge on any atom is 0.0878 e. The fourth-order valence-electron chi connectivity index (χ4n) is 0.932. The minimum Gasteiger partial charge on any atom is -0.392 e. The van der Waals surface area contributed by atoms with Gasteiger partial charge in [0.1, 0.15) is 0 Å². The number of halogens is 1. The number of aliphatic hydroxyl groups excluding tert-OH is 1. The van der Waals surface area contributed by atoms with Crippen molar-refractivity contribution >= 4 is 15.9 Å². The summed E-state index contributed by atoms with van der Waals surface area (Å²) < 4.78 is 0.866. The molecule has 0 spiro atoms. The molecule has 0 amide bonds. The van der Waals surface area contributed by atoms with Gasteiger partial charge in [-0.25, -0.2) is 0 Å². The first-order valence-corrected chi connectivity index (χ1v) is 4.19. The number of H-pyrrole nitrogens is 1. The van der Waals surface area contributed by atoms with Gasteiger partial charge < -0.3 is 15.4 Å². The standard InChI is InChI=1S/C7H11BrN2O/c1-9-3-6-2-5(4-11)7(8)10-6/h2,9-11H,3-4H2,1H3. The van der Waals surface area contributed by atoms with E-state index >= 15 is 0 Å². The Hall–Kier alpha value is -0.320. The van der Waals surface area contributed by atoms with Crippen molar-refractivity contribution in [3.8, 4) is 0 Å². The summed E-state index contributed by atoms with van der Waals surface area (Å²) in [6.45, 7) is 0.861. The number of hydrogen-bond donors (Lipinski definition) is 3. The minimum atomic E-state index is 0.0702. The molecule has 0 saturated carbocycles.